The summed E-state index contributed by atoms with van der Waals surface area (Å²) in [5, 5.41) is 21.6. The maximum Gasteiger partial charge on any atom is 0.317 e. The molecule has 0 bridgehead atoms. The van der Waals surface area contributed by atoms with Crippen LogP contribution in [0.15, 0.2) is 30.3 Å². The van der Waals surface area contributed by atoms with Gasteiger partial charge >= 0.3 is 12.0 Å². The highest BCUT2D eigenvalue weighted by Crippen LogP contribution is 2.26. The predicted octanol–water partition coefficient (Wildman–Crippen LogP) is 1.34. The number of nitrogens with zero attached hydrogens (tertiary/aromatic N) is 4. The van der Waals surface area contributed by atoms with Gasteiger partial charge in [-0.1, -0.05) is 37.3 Å². The van der Waals surface area contributed by atoms with Gasteiger partial charge < -0.3 is 15.3 Å². The van der Waals surface area contributed by atoms with E-state index in [-0.39, 0.29) is 30.7 Å². The zero-order valence-electron chi connectivity index (χ0n) is 16.8. The van der Waals surface area contributed by atoms with Gasteiger partial charge in [0, 0.05) is 31.7 Å². The highest BCUT2D eigenvalue weighted by molar-refractivity contribution is 5.75. The molecule has 1 atom stereocenters. The van der Waals surface area contributed by atoms with Crippen LogP contribution in [0.5, 0.6) is 0 Å². The quantitative estimate of drug-likeness (QED) is 0.718. The molecule has 1 heterocycles. The Bertz CT molecular complexity index is 744. The number of hydrogen-bond donors (Lipinski definition) is 2. The van der Waals surface area contributed by atoms with Crippen LogP contribution in [0.2, 0.25) is 0 Å². The summed E-state index contributed by atoms with van der Waals surface area (Å²) in [7, 11) is 0. The van der Waals surface area contributed by atoms with Gasteiger partial charge in [-0.3, -0.25) is 14.6 Å². The molecule has 1 saturated carbocycles. The Kier molecular flexibility index (Phi) is 7.07. The fourth-order valence-corrected chi connectivity index (χ4v) is 4.08. The lowest BCUT2D eigenvalue weighted by Gasteiger charge is -2.44. The van der Waals surface area contributed by atoms with Gasteiger partial charge in [-0.15, -0.1) is 0 Å². The molecule has 0 radical (unpaired) electrons. The molecule has 2 aliphatic rings. The molecule has 156 valence electrons. The zero-order chi connectivity index (χ0) is 20.8. The number of carbonyl (C=O) groups excluding carboxylic acids is 1. The number of nitrogens with one attached hydrogen (secondary N) is 1. The topological polar surface area (TPSA) is 99.9 Å². The first-order chi connectivity index (χ1) is 14.0. The highest BCUT2D eigenvalue weighted by atomic mass is 16.4. The molecular formula is C21H29N5O3. The van der Waals surface area contributed by atoms with Crippen LogP contribution in [-0.4, -0.2) is 82.7 Å². The van der Waals surface area contributed by atoms with Gasteiger partial charge in [0.2, 0.25) is 0 Å². The number of carboxylic acids is 1. The maximum atomic E-state index is 12.6. The number of likely N-dealkylation sites (N-methyl/N-ethyl adjacent to an activating group) is 1. The van der Waals surface area contributed by atoms with E-state index in [0.29, 0.717) is 32.7 Å². The van der Waals surface area contributed by atoms with Crippen LogP contribution >= 0.6 is 0 Å². The van der Waals surface area contributed by atoms with Gasteiger partial charge in [0.25, 0.3) is 0 Å². The summed E-state index contributed by atoms with van der Waals surface area (Å²) in [6.45, 7) is 5.02. The summed E-state index contributed by atoms with van der Waals surface area (Å²) < 4.78 is 0. The van der Waals surface area contributed by atoms with E-state index in [0.717, 1.165) is 18.4 Å². The Labute approximate surface area is 171 Å². The minimum absolute atomic E-state index is 0.0368. The van der Waals surface area contributed by atoms with Crippen molar-refractivity contribution in [2.75, 3.05) is 32.7 Å². The molecule has 1 aliphatic heterocycles. The van der Waals surface area contributed by atoms with Crippen LogP contribution in [-0.2, 0) is 11.3 Å². The van der Waals surface area contributed by atoms with Gasteiger partial charge in [0.1, 0.15) is 6.04 Å². The van der Waals surface area contributed by atoms with E-state index in [2.05, 4.69) is 16.3 Å². The molecule has 1 unspecified atom stereocenters. The van der Waals surface area contributed by atoms with Crippen LogP contribution < -0.4 is 5.32 Å². The fraction of sp³-hybridized carbons (Fsp3) is 0.571. The molecule has 2 amide bonds. The number of rotatable bonds is 7. The SMILES string of the molecule is CCN(CC(=O)O)C1CC(NC(=O)N2CCN(Cc3ccccc3)C(C#N)C2)C1. The lowest BCUT2D eigenvalue weighted by Crippen LogP contribution is -2.60. The average Bonchev–Trinajstić information content (AvgIpc) is 2.69. The van der Waals surface area contributed by atoms with Crippen molar-refractivity contribution in [3.8, 4) is 6.07 Å². The van der Waals surface area contributed by atoms with Crippen LogP contribution in [0.4, 0.5) is 4.79 Å². The monoisotopic (exact) mass is 399 g/mol. The number of nitriles is 1. The van der Waals surface area contributed by atoms with Crippen molar-refractivity contribution in [2.24, 2.45) is 0 Å². The molecule has 29 heavy (non-hydrogen) atoms. The fourth-order valence-electron chi connectivity index (χ4n) is 4.08. The third-order valence-electron chi connectivity index (χ3n) is 5.86. The summed E-state index contributed by atoms with van der Waals surface area (Å²) in [6, 6.07) is 12.2. The second kappa shape index (κ2) is 9.72. The van der Waals surface area contributed by atoms with E-state index < -0.39 is 5.97 Å². The van der Waals surface area contributed by atoms with Crippen molar-refractivity contribution < 1.29 is 14.7 Å². The molecule has 0 spiro atoms. The number of urea groups is 1. The summed E-state index contributed by atoms with van der Waals surface area (Å²) in [6.07, 6.45) is 1.53. The zero-order valence-corrected chi connectivity index (χ0v) is 16.8. The molecule has 8 heteroatoms. The molecule has 2 fully saturated rings. The van der Waals surface area contributed by atoms with E-state index in [1.165, 1.54) is 0 Å². The Morgan fingerprint density at radius 3 is 2.62 bits per heavy atom. The first-order valence-electron chi connectivity index (χ1n) is 10.2. The Hall–Kier alpha value is -2.63. The number of amides is 2. The molecule has 8 nitrogen and oxygen atoms in total. The van der Waals surface area contributed by atoms with Crippen molar-refractivity contribution in [1.82, 2.24) is 20.0 Å². The maximum absolute atomic E-state index is 12.6. The lowest BCUT2D eigenvalue weighted by atomic mass is 9.85. The van der Waals surface area contributed by atoms with Crippen molar-refractivity contribution in [3.05, 3.63) is 35.9 Å². The van der Waals surface area contributed by atoms with Gasteiger partial charge in [0.05, 0.1) is 19.2 Å². The van der Waals surface area contributed by atoms with E-state index >= 15 is 0 Å². The van der Waals surface area contributed by atoms with Crippen molar-refractivity contribution in [1.29, 1.82) is 5.26 Å². The molecule has 1 saturated heterocycles. The minimum atomic E-state index is -0.824. The van der Waals surface area contributed by atoms with E-state index in [1.54, 1.807) is 4.90 Å². The third kappa shape index (κ3) is 5.46. The number of benzene rings is 1. The first-order valence-corrected chi connectivity index (χ1v) is 10.2. The third-order valence-corrected chi connectivity index (χ3v) is 5.86. The molecule has 1 aromatic rings. The summed E-state index contributed by atoms with van der Waals surface area (Å²) in [5.74, 6) is -0.824. The molecule has 1 aliphatic carbocycles. The Morgan fingerprint density at radius 2 is 2.00 bits per heavy atom. The van der Waals surface area contributed by atoms with Crippen molar-refractivity contribution in [2.45, 2.75) is 44.4 Å². The van der Waals surface area contributed by atoms with Gasteiger partial charge in [0.15, 0.2) is 0 Å². The lowest BCUT2D eigenvalue weighted by molar-refractivity contribution is -0.139. The minimum Gasteiger partial charge on any atom is -0.480 e. The number of hydrogen-bond acceptors (Lipinski definition) is 5. The summed E-state index contributed by atoms with van der Waals surface area (Å²) >= 11 is 0. The average molecular weight is 399 g/mol. The van der Waals surface area contributed by atoms with Crippen LogP contribution in [0.3, 0.4) is 0 Å². The number of aliphatic carboxylic acids is 1. The second-order valence-electron chi connectivity index (χ2n) is 7.78. The first kappa shape index (κ1) is 21.1. The molecule has 1 aromatic carbocycles. The highest BCUT2D eigenvalue weighted by Gasteiger charge is 2.36. The van der Waals surface area contributed by atoms with Crippen LogP contribution in [0, 0.1) is 11.3 Å². The smallest absolute Gasteiger partial charge is 0.317 e. The van der Waals surface area contributed by atoms with Gasteiger partial charge in [-0.25, -0.2) is 4.79 Å². The normalized spacial score (nSPS) is 24.6. The predicted molar refractivity (Wildman–Crippen MR) is 108 cm³/mol. The van der Waals surface area contributed by atoms with E-state index in [9.17, 15) is 14.9 Å². The summed E-state index contributed by atoms with van der Waals surface area (Å²) in [5.41, 5.74) is 1.16. The molecule has 3 rings (SSSR count). The number of carboxylic acid groups (broad SMARTS) is 1. The Morgan fingerprint density at radius 1 is 1.28 bits per heavy atom. The van der Waals surface area contributed by atoms with Crippen LogP contribution in [0.25, 0.3) is 0 Å². The van der Waals surface area contributed by atoms with E-state index in [4.69, 9.17) is 5.11 Å². The standard InChI is InChI=1S/C21H29N5O3/c1-2-24(15-20(27)28)18-10-17(11-18)23-21(29)26-9-8-25(19(12-22)14-26)13-16-6-4-3-5-7-16/h3-7,17-19H,2,8-11,13-15H2,1H3,(H,23,29)(H,27,28). The van der Waals surface area contributed by atoms with Gasteiger partial charge in [-0.2, -0.15) is 5.26 Å². The largest absolute Gasteiger partial charge is 0.480 e. The Balaban J connectivity index is 1.46. The van der Waals surface area contributed by atoms with Crippen molar-refractivity contribution >= 4 is 12.0 Å². The molecule has 2 N–H and O–H groups in total. The van der Waals surface area contributed by atoms with Crippen molar-refractivity contribution in [3.63, 3.8) is 0 Å². The van der Waals surface area contributed by atoms with Gasteiger partial charge in [-0.05, 0) is 24.9 Å². The number of piperazine rings is 1. The summed E-state index contributed by atoms with van der Waals surface area (Å²) in [4.78, 5) is 29.3. The van der Waals surface area contributed by atoms with E-state index in [1.807, 2.05) is 42.2 Å². The number of carbonyl (C=O) groups is 2. The van der Waals surface area contributed by atoms with Crippen LogP contribution in [0.1, 0.15) is 25.3 Å². The second-order valence-corrected chi connectivity index (χ2v) is 7.78. The molecular weight excluding hydrogens is 370 g/mol. The molecule has 0 aromatic heterocycles.